The van der Waals surface area contributed by atoms with Gasteiger partial charge in [0.05, 0.1) is 28.9 Å². The van der Waals surface area contributed by atoms with Crippen molar-refractivity contribution in [2.24, 2.45) is 0 Å². The molecule has 1 aromatic carbocycles. The maximum absolute atomic E-state index is 8.69. The van der Waals surface area contributed by atoms with Gasteiger partial charge in [-0.15, -0.1) is 0 Å². The number of halogens is 1. The van der Waals surface area contributed by atoms with Crippen molar-refractivity contribution in [3.05, 3.63) is 28.3 Å². The van der Waals surface area contributed by atoms with Crippen LogP contribution in [0.1, 0.15) is 11.1 Å². The van der Waals surface area contributed by atoms with Crippen LogP contribution in [-0.4, -0.2) is 6.73 Å². The number of hydrogen-bond donors (Lipinski definition) is 1. The molecule has 0 aliphatic carbocycles. The molecule has 0 radical (unpaired) electrons. The van der Waals surface area contributed by atoms with E-state index in [4.69, 9.17) is 21.6 Å². The molecule has 1 heterocycles. The summed E-state index contributed by atoms with van der Waals surface area (Å²) in [6.45, 7) is 0.982. The van der Waals surface area contributed by atoms with Crippen LogP contribution in [-0.2, 0) is 11.3 Å². The summed E-state index contributed by atoms with van der Waals surface area (Å²) in [6, 6.07) is 5.49. The Morgan fingerprint density at radius 3 is 3.15 bits per heavy atom. The van der Waals surface area contributed by atoms with Crippen LogP contribution < -0.4 is 5.32 Å². The smallest absolute Gasteiger partial charge is 0.116 e. The van der Waals surface area contributed by atoms with Gasteiger partial charge in [0.15, 0.2) is 0 Å². The first-order valence-corrected chi connectivity index (χ1v) is 4.23. The standard InChI is InChI=1S/C9H7ClN2O/c10-8-2-6(3-11)1-7-4-13-5-12-9(7)8/h1-2,12H,4-5H2. The largest absolute Gasteiger partial charge is 0.361 e. The van der Waals surface area contributed by atoms with Crippen molar-refractivity contribution in [2.45, 2.75) is 6.61 Å². The summed E-state index contributed by atoms with van der Waals surface area (Å²) in [6.07, 6.45) is 0. The third-order valence-corrected chi connectivity index (χ3v) is 2.21. The lowest BCUT2D eigenvalue weighted by molar-refractivity contribution is 0.130. The van der Waals surface area contributed by atoms with Crippen molar-refractivity contribution >= 4 is 17.3 Å². The Morgan fingerprint density at radius 2 is 2.38 bits per heavy atom. The SMILES string of the molecule is N#Cc1cc(Cl)c2c(c1)COCN2. The minimum Gasteiger partial charge on any atom is -0.361 e. The van der Waals surface area contributed by atoms with E-state index in [0.717, 1.165) is 11.3 Å². The highest BCUT2D eigenvalue weighted by Crippen LogP contribution is 2.30. The summed E-state index contributed by atoms with van der Waals surface area (Å²) in [5, 5.41) is 12.3. The zero-order valence-corrected chi connectivity index (χ0v) is 7.56. The van der Waals surface area contributed by atoms with Crippen LogP contribution in [0.5, 0.6) is 0 Å². The van der Waals surface area contributed by atoms with Crippen LogP contribution in [0.15, 0.2) is 12.1 Å². The number of nitrogens with one attached hydrogen (secondary N) is 1. The van der Waals surface area contributed by atoms with Crippen LogP contribution in [0.4, 0.5) is 5.69 Å². The highest BCUT2D eigenvalue weighted by atomic mass is 35.5. The number of benzene rings is 1. The van der Waals surface area contributed by atoms with Gasteiger partial charge in [-0.3, -0.25) is 0 Å². The second kappa shape index (κ2) is 3.25. The Morgan fingerprint density at radius 1 is 1.54 bits per heavy atom. The molecule has 66 valence electrons. The molecule has 0 saturated carbocycles. The molecule has 0 amide bonds. The number of anilines is 1. The predicted octanol–water partition coefficient (Wildman–Crippen LogP) is 2.11. The number of rotatable bonds is 0. The van der Waals surface area contributed by atoms with E-state index in [9.17, 15) is 0 Å². The lowest BCUT2D eigenvalue weighted by Gasteiger charge is -2.19. The van der Waals surface area contributed by atoms with Gasteiger partial charge in [0.2, 0.25) is 0 Å². The Kier molecular flexibility index (Phi) is 2.09. The topological polar surface area (TPSA) is 45.0 Å². The molecule has 13 heavy (non-hydrogen) atoms. The molecule has 1 N–H and O–H groups in total. The average Bonchev–Trinajstić information content (AvgIpc) is 2.18. The Bertz CT molecular complexity index is 384. The zero-order chi connectivity index (χ0) is 9.26. The summed E-state index contributed by atoms with van der Waals surface area (Å²) in [4.78, 5) is 0. The number of hydrogen-bond acceptors (Lipinski definition) is 3. The Hall–Kier alpha value is -1.24. The first kappa shape index (κ1) is 8.36. The lowest BCUT2D eigenvalue weighted by atomic mass is 10.1. The van der Waals surface area contributed by atoms with Gasteiger partial charge in [0.1, 0.15) is 6.73 Å². The highest BCUT2D eigenvalue weighted by molar-refractivity contribution is 6.33. The second-order valence-corrected chi connectivity index (χ2v) is 3.18. The van der Waals surface area contributed by atoms with Gasteiger partial charge >= 0.3 is 0 Å². The fraction of sp³-hybridized carbons (Fsp3) is 0.222. The molecule has 1 aliphatic heterocycles. The third-order valence-electron chi connectivity index (χ3n) is 1.91. The van der Waals surface area contributed by atoms with Crippen LogP contribution in [0.25, 0.3) is 0 Å². The van der Waals surface area contributed by atoms with Crippen molar-refractivity contribution in [1.29, 1.82) is 5.26 Å². The first-order chi connectivity index (χ1) is 6.31. The number of fused-ring (bicyclic) bond motifs is 1. The van der Waals surface area contributed by atoms with Crippen LogP contribution >= 0.6 is 11.6 Å². The van der Waals surface area contributed by atoms with Gasteiger partial charge < -0.3 is 10.1 Å². The Balaban J connectivity index is 2.54. The molecule has 0 spiro atoms. The van der Waals surface area contributed by atoms with Gasteiger partial charge in [-0.1, -0.05) is 11.6 Å². The van der Waals surface area contributed by atoms with Crippen molar-refractivity contribution in [3.63, 3.8) is 0 Å². The lowest BCUT2D eigenvalue weighted by Crippen LogP contribution is -2.14. The minimum absolute atomic E-state index is 0.471. The Labute approximate surface area is 80.9 Å². The van der Waals surface area contributed by atoms with E-state index in [1.54, 1.807) is 12.1 Å². The van der Waals surface area contributed by atoms with E-state index in [-0.39, 0.29) is 0 Å². The normalized spacial score (nSPS) is 14.2. The third kappa shape index (κ3) is 1.46. The molecule has 0 bridgehead atoms. The maximum Gasteiger partial charge on any atom is 0.116 e. The monoisotopic (exact) mass is 194 g/mol. The molecular weight excluding hydrogens is 188 g/mol. The average molecular weight is 195 g/mol. The molecule has 0 aromatic heterocycles. The van der Waals surface area contributed by atoms with Crippen molar-refractivity contribution < 1.29 is 4.74 Å². The van der Waals surface area contributed by atoms with E-state index in [2.05, 4.69) is 11.4 Å². The first-order valence-electron chi connectivity index (χ1n) is 3.85. The molecule has 0 unspecified atom stereocenters. The molecule has 1 aromatic rings. The fourth-order valence-corrected chi connectivity index (χ4v) is 1.63. The molecule has 0 atom stereocenters. The molecule has 4 heteroatoms. The number of nitriles is 1. The summed E-state index contributed by atoms with van der Waals surface area (Å²) >= 11 is 5.96. The molecule has 0 fully saturated rings. The van der Waals surface area contributed by atoms with E-state index < -0.39 is 0 Å². The van der Waals surface area contributed by atoms with Gasteiger partial charge in [0, 0.05) is 5.56 Å². The molecule has 3 nitrogen and oxygen atoms in total. The summed E-state index contributed by atoms with van der Waals surface area (Å²) in [7, 11) is 0. The highest BCUT2D eigenvalue weighted by Gasteiger charge is 2.13. The second-order valence-electron chi connectivity index (χ2n) is 2.77. The predicted molar refractivity (Wildman–Crippen MR) is 49.4 cm³/mol. The van der Waals surface area contributed by atoms with Crippen molar-refractivity contribution in [3.8, 4) is 6.07 Å². The van der Waals surface area contributed by atoms with E-state index in [1.807, 2.05) is 0 Å². The van der Waals surface area contributed by atoms with Gasteiger partial charge in [0.25, 0.3) is 0 Å². The van der Waals surface area contributed by atoms with Crippen molar-refractivity contribution in [1.82, 2.24) is 0 Å². The molecule has 0 saturated heterocycles. The zero-order valence-electron chi connectivity index (χ0n) is 6.80. The summed E-state index contributed by atoms with van der Waals surface area (Å²) in [5.41, 5.74) is 2.39. The van der Waals surface area contributed by atoms with E-state index >= 15 is 0 Å². The minimum atomic E-state index is 0.471. The summed E-state index contributed by atoms with van der Waals surface area (Å²) in [5.74, 6) is 0. The van der Waals surface area contributed by atoms with Crippen molar-refractivity contribution in [2.75, 3.05) is 12.0 Å². The van der Waals surface area contributed by atoms with Crippen LogP contribution in [0.3, 0.4) is 0 Å². The molecule has 1 aliphatic rings. The molecular formula is C9H7ClN2O. The van der Waals surface area contributed by atoms with E-state index in [0.29, 0.717) is 23.9 Å². The van der Waals surface area contributed by atoms with Gasteiger partial charge in [-0.2, -0.15) is 5.26 Å². The van der Waals surface area contributed by atoms with Crippen LogP contribution in [0, 0.1) is 11.3 Å². The number of nitrogens with zero attached hydrogens (tertiary/aromatic N) is 1. The number of ether oxygens (including phenoxy) is 1. The van der Waals surface area contributed by atoms with Gasteiger partial charge in [-0.05, 0) is 12.1 Å². The summed E-state index contributed by atoms with van der Waals surface area (Å²) < 4.78 is 5.17. The maximum atomic E-state index is 8.69. The van der Waals surface area contributed by atoms with E-state index in [1.165, 1.54) is 0 Å². The quantitative estimate of drug-likeness (QED) is 0.688. The fourth-order valence-electron chi connectivity index (χ4n) is 1.32. The van der Waals surface area contributed by atoms with Gasteiger partial charge in [-0.25, -0.2) is 0 Å². The van der Waals surface area contributed by atoms with Crippen LogP contribution in [0.2, 0.25) is 5.02 Å². The molecule has 2 rings (SSSR count).